The van der Waals surface area contributed by atoms with E-state index in [-0.39, 0.29) is 11.1 Å². The molecule has 0 unspecified atom stereocenters. The largest absolute Gasteiger partial charge is 0.507 e. The summed E-state index contributed by atoms with van der Waals surface area (Å²) in [5.74, 6) is -12.8. The van der Waals surface area contributed by atoms with Crippen LogP contribution in [0.1, 0.15) is 52.7 Å². The summed E-state index contributed by atoms with van der Waals surface area (Å²) >= 11 is 0. The third kappa shape index (κ3) is 4.22. The summed E-state index contributed by atoms with van der Waals surface area (Å²) in [6, 6.07) is 7.89. The third-order valence-corrected chi connectivity index (χ3v) is 8.93. The summed E-state index contributed by atoms with van der Waals surface area (Å²) in [6.45, 7) is 10.3. The van der Waals surface area contributed by atoms with Crippen LogP contribution in [0.25, 0.3) is 0 Å². The lowest BCUT2D eigenvalue weighted by molar-refractivity contribution is 0.383. The van der Waals surface area contributed by atoms with Crippen molar-refractivity contribution in [1.82, 2.24) is 0 Å². The average molecular weight is 512 g/mol. The van der Waals surface area contributed by atoms with Crippen LogP contribution in [0.2, 0.25) is 0 Å². The molecule has 0 aliphatic heterocycles. The molecule has 3 rings (SSSR count). The van der Waals surface area contributed by atoms with Gasteiger partial charge in [-0.1, -0.05) is 65.8 Å². The highest BCUT2D eigenvalue weighted by Crippen LogP contribution is 2.51. The summed E-state index contributed by atoms with van der Waals surface area (Å²) in [6.07, 6.45) is 0. The van der Waals surface area contributed by atoms with Gasteiger partial charge in [0.05, 0.1) is 15.9 Å². The Morgan fingerprint density at radius 2 is 0.914 bits per heavy atom. The van der Waals surface area contributed by atoms with Crippen molar-refractivity contribution in [3.63, 3.8) is 0 Å². The van der Waals surface area contributed by atoms with E-state index in [0.29, 0.717) is 0 Å². The predicted molar refractivity (Wildman–Crippen MR) is 126 cm³/mol. The molecule has 0 spiro atoms. The normalized spacial score (nSPS) is 12.8. The zero-order valence-corrected chi connectivity index (χ0v) is 21.0. The van der Waals surface area contributed by atoms with Crippen LogP contribution in [0, 0.1) is 29.1 Å². The fraction of sp³-hybridized carbons (Fsp3) is 0.308. The maximum atomic E-state index is 15.1. The number of hydrogen-bond donors (Lipinski definition) is 2. The smallest absolute Gasteiger partial charge is 0.200 e. The van der Waals surface area contributed by atoms with Gasteiger partial charge in [0.1, 0.15) is 11.5 Å². The first-order valence-corrected chi connectivity index (χ1v) is 12.4. The molecule has 3 aromatic carbocycles. The SMILES string of the molecule is CC(C)(C)c1cccc(P(=O)(c2cccc(C(C)(C)C)c2O)c2c(F)c(F)c(F)c(F)c2F)c1O. The number of phenolic OH excluding ortho intramolecular Hbond substituents is 2. The number of halogens is 5. The van der Waals surface area contributed by atoms with E-state index in [1.165, 1.54) is 24.3 Å². The van der Waals surface area contributed by atoms with Crippen LogP contribution in [0.3, 0.4) is 0 Å². The Balaban J connectivity index is 2.62. The Labute approximate surface area is 200 Å². The first-order chi connectivity index (χ1) is 16.0. The van der Waals surface area contributed by atoms with Gasteiger partial charge in [0.2, 0.25) is 5.82 Å². The summed E-state index contributed by atoms with van der Waals surface area (Å²) in [5.41, 5.74) is -1.02. The molecule has 0 saturated carbocycles. The lowest BCUT2D eigenvalue weighted by Gasteiger charge is -2.28. The Hall–Kier alpha value is -2.86. The predicted octanol–water partition coefficient (Wildman–Crippen LogP) is 6.03. The lowest BCUT2D eigenvalue weighted by atomic mass is 9.86. The minimum atomic E-state index is -5.09. The standard InChI is InChI=1S/C26H26F5O3P/c1-25(2,3)13-9-7-11-15(22(13)32)35(34,16-12-8-10-14(23(16)33)26(4,5)6)24-20(30)18(28)17(27)19(29)21(24)31/h7-12,32-33H,1-6H3. The molecule has 0 amide bonds. The highest BCUT2D eigenvalue weighted by atomic mass is 31.2. The zero-order chi connectivity index (χ0) is 26.7. The van der Waals surface area contributed by atoms with Crippen LogP contribution in [0.5, 0.6) is 11.5 Å². The fourth-order valence-corrected chi connectivity index (χ4v) is 6.94. The quantitative estimate of drug-likeness (QED) is 0.195. The second-order valence-corrected chi connectivity index (χ2v) is 13.0. The monoisotopic (exact) mass is 512 g/mol. The third-order valence-electron chi connectivity index (χ3n) is 5.83. The van der Waals surface area contributed by atoms with Gasteiger partial charge in [0.25, 0.3) is 0 Å². The van der Waals surface area contributed by atoms with E-state index in [2.05, 4.69) is 0 Å². The number of aromatic hydroxyl groups is 2. The van der Waals surface area contributed by atoms with E-state index in [1.54, 1.807) is 41.5 Å². The molecule has 0 aromatic heterocycles. The van der Waals surface area contributed by atoms with E-state index in [0.717, 1.165) is 12.1 Å². The molecule has 3 aromatic rings. The first-order valence-electron chi connectivity index (χ1n) is 10.7. The highest BCUT2D eigenvalue weighted by molar-refractivity contribution is 7.85. The minimum Gasteiger partial charge on any atom is -0.507 e. The molecule has 0 fully saturated rings. The van der Waals surface area contributed by atoms with E-state index in [1.807, 2.05) is 0 Å². The molecular formula is C26H26F5O3P. The number of para-hydroxylation sites is 2. The van der Waals surface area contributed by atoms with Gasteiger partial charge >= 0.3 is 0 Å². The summed E-state index contributed by atoms with van der Waals surface area (Å²) < 4.78 is 87.6. The molecule has 0 heterocycles. The Kier molecular flexibility index (Phi) is 6.62. The van der Waals surface area contributed by atoms with Crippen LogP contribution in [0.15, 0.2) is 36.4 Å². The van der Waals surface area contributed by atoms with Gasteiger partial charge in [0, 0.05) is 11.1 Å². The summed E-state index contributed by atoms with van der Waals surface area (Å²) in [4.78, 5) is 0. The van der Waals surface area contributed by atoms with E-state index in [9.17, 15) is 27.9 Å². The molecule has 3 nitrogen and oxygen atoms in total. The van der Waals surface area contributed by atoms with Gasteiger partial charge < -0.3 is 14.8 Å². The Morgan fingerprint density at radius 1 is 0.600 bits per heavy atom. The van der Waals surface area contributed by atoms with Crippen molar-refractivity contribution in [2.45, 2.75) is 52.4 Å². The molecule has 0 bridgehead atoms. The van der Waals surface area contributed by atoms with Gasteiger partial charge in [0.15, 0.2) is 30.4 Å². The van der Waals surface area contributed by atoms with Crippen molar-refractivity contribution in [2.24, 2.45) is 0 Å². The van der Waals surface area contributed by atoms with Crippen molar-refractivity contribution in [2.75, 3.05) is 0 Å². The van der Waals surface area contributed by atoms with Crippen LogP contribution in [-0.4, -0.2) is 10.2 Å². The zero-order valence-electron chi connectivity index (χ0n) is 20.1. The van der Waals surface area contributed by atoms with Crippen LogP contribution in [-0.2, 0) is 15.4 Å². The van der Waals surface area contributed by atoms with Crippen LogP contribution in [0.4, 0.5) is 22.0 Å². The minimum absolute atomic E-state index is 0.227. The van der Waals surface area contributed by atoms with Gasteiger partial charge in [-0.15, -0.1) is 0 Å². The number of hydrogen-bond acceptors (Lipinski definition) is 3. The molecule has 0 radical (unpaired) electrons. The number of rotatable bonds is 3. The molecule has 0 aliphatic carbocycles. The fourth-order valence-electron chi connectivity index (χ4n) is 4.02. The number of phenols is 2. The molecule has 9 heteroatoms. The molecule has 0 atom stereocenters. The maximum absolute atomic E-state index is 15.1. The van der Waals surface area contributed by atoms with Crippen molar-refractivity contribution in [3.05, 3.63) is 76.6 Å². The Morgan fingerprint density at radius 3 is 1.23 bits per heavy atom. The van der Waals surface area contributed by atoms with Crippen LogP contribution < -0.4 is 15.9 Å². The lowest BCUT2D eigenvalue weighted by Crippen LogP contribution is -2.33. The van der Waals surface area contributed by atoms with Crippen molar-refractivity contribution in [1.29, 1.82) is 0 Å². The topological polar surface area (TPSA) is 57.5 Å². The number of benzene rings is 3. The molecule has 2 N–H and O–H groups in total. The van der Waals surface area contributed by atoms with E-state index < -0.39 is 74.5 Å². The maximum Gasteiger partial charge on any atom is 0.200 e. The van der Waals surface area contributed by atoms with E-state index >= 15 is 8.78 Å². The van der Waals surface area contributed by atoms with Gasteiger partial charge in [-0.25, -0.2) is 22.0 Å². The second kappa shape index (κ2) is 8.66. The van der Waals surface area contributed by atoms with Crippen LogP contribution >= 0.6 is 7.14 Å². The average Bonchev–Trinajstić information content (AvgIpc) is 2.75. The van der Waals surface area contributed by atoms with Crippen molar-refractivity contribution in [3.8, 4) is 11.5 Å². The highest BCUT2D eigenvalue weighted by Gasteiger charge is 2.44. The Bertz CT molecular complexity index is 1270. The van der Waals surface area contributed by atoms with Gasteiger partial charge in [-0.3, -0.25) is 0 Å². The summed E-state index contributed by atoms with van der Waals surface area (Å²) in [5, 5.41) is 19.5. The molecule has 188 valence electrons. The van der Waals surface area contributed by atoms with Crippen molar-refractivity contribution < 1.29 is 36.7 Å². The second-order valence-electron chi connectivity index (χ2n) is 10.4. The molecular weight excluding hydrogens is 486 g/mol. The van der Waals surface area contributed by atoms with E-state index in [4.69, 9.17) is 0 Å². The summed E-state index contributed by atoms with van der Waals surface area (Å²) in [7, 11) is -5.09. The van der Waals surface area contributed by atoms with Gasteiger partial charge in [-0.05, 0) is 23.0 Å². The van der Waals surface area contributed by atoms with Gasteiger partial charge in [-0.2, -0.15) is 0 Å². The molecule has 0 saturated heterocycles. The molecule has 35 heavy (non-hydrogen) atoms. The first kappa shape index (κ1) is 26.7. The molecule has 0 aliphatic rings. The van der Waals surface area contributed by atoms with Crippen molar-refractivity contribution >= 4 is 23.1 Å².